The van der Waals surface area contributed by atoms with Crippen LogP contribution in [0.15, 0.2) is 5.10 Å². The molecule has 0 fully saturated rings. The highest BCUT2D eigenvalue weighted by molar-refractivity contribution is 5.72. The zero-order chi connectivity index (χ0) is 11.4. The lowest BCUT2D eigenvalue weighted by Crippen LogP contribution is -2.24. The van der Waals surface area contributed by atoms with E-state index < -0.39 is 6.03 Å². The maximum atomic E-state index is 10.2. The smallest absolute Gasteiger partial charge is 0.332 e. The normalized spacial score (nSPS) is 10.7. The number of primary amides is 1. The van der Waals surface area contributed by atoms with Gasteiger partial charge in [0.25, 0.3) is 0 Å². The van der Waals surface area contributed by atoms with Crippen LogP contribution < -0.4 is 11.2 Å². The van der Waals surface area contributed by atoms with Gasteiger partial charge >= 0.3 is 6.03 Å². The van der Waals surface area contributed by atoms with Crippen LogP contribution in [-0.2, 0) is 0 Å². The first-order valence-corrected chi connectivity index (χ1v) is 5.84. The molecule has 2 amide bonds. The van der Waals surface area contributed by atoms with Crippen molar-refractivity contribution in [3.8, 4) is 0 Å². The van der Waals surface area contributed by atoms with E-state index >= 15 is 0 Å². The number of hydrogen-bond donors (Lipinski definition) is 2. The Morgan fingerprint density at radius 3 is 2.40 bits per heavy atom. The second kappa shape index (κ2) is 11.0. The summed E-state index contributed by atoms with van der Waals surface area (Å²) in [5.74, 6) is 0. The van der Waals surface area contributed by atoms with E-state index in [0.29, 0.717) is 0 Å². The van der Waals surface area contributed by atoms with Crippen LogP contribution in [0.3, 0.4) is 0 Å². The van der Waals surface area contributed by atoms with Gasteiger partial charge in [-0.1, -0.05) is 45.4 Å². The van der Waals surface area contributed by atoms with Gasteiger partial charge in [0.2, 0.25) is 0 Å². The van der Waals surface area contributed by atoms with Crippen molar-refractivity contribution < 1.29 is 4.79 Å². The van der Waals surface area contributed by atoms with Gasteiger partial charge in [-0.05, 0) is 12.8 Å². The van der Waals surface area contributed by atoms with Crippen LogP contribution in [0, 0.1) is 0 Å². The Balaban J connectivity index is 3.04. The molecule has 0 atom stereocenters. The molecule has 88 valence electrons. The maximum absolute atomic E-state index is 10.2. The fourth-order valence-electron chi connectivity index (χ4n) is 1.37. The quantitative estimate of drug-likeness (QED) is 0.345. The van der Waals surface area contributed by atoms with Crippen molar-refractivity contribution in [1.29, 1.82) is 0 Å². The number of rotatable bonds is 9. The first-order chi connectivity index (χ1) is 7.27. The molecule has 4 nitrogen and oxygen atoms in total. The van der Waals surface area contributed by atoms with Gasteiger partial charge in [0.05, 0.1) is 0 Å². The molecule has 0 radical (unpaired) electrons. The zero-order valence-electron chi connectivity index (χ0n) is 9.67. The monoisotopic (exact) mass is 213 g/mol. The summed E-state index contributed by atoms with van der Waals surface area (Å²) in [5, 5.41) is 3.67. The molecule has 0 aliphatic carbocycles. The fourth-order valence-corrected chi connectivity index (χ4v) is 1.37. The van der Waals surface area contributed by atoms with Crippen LogP contribution in [0.25, 0.3) is 0 Å². The topological polar surface area (TPSA) is 67.5 Å². The molecular weight excluding hydrogens is 190 g/mol. The van der Waals surface area contributed by atoms with Gasteiger partial charge in [-0.25, -0.2) is 10.2 Å². The van der Waals surface area contributed by atoms with Crippen molar-refractivity contribution in [3.05, 3.63) is 0 Å². The molecule has 0 bridgehead atoms. The number of urea groups is 1. The highest BCUT2D eigenvalue weighted by Crippen LogP contribution is 2.07. The largest absolute Gasteiger partial charge is 0.350 e. The van der Waals surface area contributed by atoms with Crippen molar-refractivity contribution in [2.75, 3.05) is 0 Å². The molecule has 0 aromatic rings. The van der Waals surface area contributed by atoms with E-state index in [1.807, 2.05) is 0 Å². The van der Waals surface area contributed by atoms with Gasteiger partial charge in [0.15, 0.2) is 0 Å². The summed E-state index contributed by atoms with van der Waals surface area (Å²) < 4.78 is 0. The third kappa shape index (κ3) is 12.9. The summed E-state index contributed by atoms with van der Waals surface area (Å²) in [6.07, 6.45) is 11.6. The number of unbranched alkanes of at least 4 members (excludes halogenated alkanes) is 7. The highest BCUT2D eigenvalue weighted by Gasteiger charge is 1.89. The molecule has 0 saturated carbocycles. The number of amides is 2. The summed E-state index contributed by atoms with van der Waals surface area (Å²) in [4.78, 5) is 10.2. The number of nitrogens with zero attached hydrogens (tertiary/aromatic N) is 1. The molecule has 0 unspecified atom stereocenters. The minimum absolute atomic E-state index is 0.606. The average Bonchev–Trinajstić information content (AvgIpc) is 2.20. The van der Waals surface area contributed by atoms with Crippen molar-refractivity contribution in [1.82, 2.24) is 5.43 Å². The number of nitrogens with one attached hydrogen (secondary N) is 1. The Kier molecular flexibility index (Phi) is 10.2. The van der Waals surface area contributed by atoms with Crippen molar-refractivity contribution in [2.24, 2.45) is 10.8 Å². The predicted molar refractivity (Wildman–Crippen MR) is 63.8 cm³/mol. The number of carbonyl (C=O) groups excluding carboxylic acids is 1. The van der Waals surface area contributed by atoms with Gasteiger partial charge in [0, 0.05) is 6.21 Å². The van der Waals surface area contributed by atoms with Gasteiger partial charge in [-0.3, -0.25) is 0 Å². The molecule has 4 heteroatoms. The molecule has 0 aromatic carbocycles. The third-order valence-electron chi connectivity index (χ3n) is 2.20. The van der Waals surface area contributed by atoms with E-state index in [4.69, 9.17) is 5.73 Å². The van der Waals surface area contributed by atoms with Crippen LogP contribution in [0.2, 0.25) is 0 Å². The summed E-state index contributed by atoms with van der Waals surface area (Å²) in [6, 6.07) is -0.606. The van der Waals surface area contributed by atoms with Crippen molar-refractivity contribution >= 4 is 12.2 Å². The summed E-state index contributed by atoms with van der Waals surface area (Å²) in [7, 11) is 0. The molecule has 0 aliphatic heterocycles. The van der Waals surface area contributed by atoms with Crippen LogP contribution in [0.5, 0.6) is 0 Å². The lowest BCUT2D eigenvalue weighted by molar-refractivity contribution is 0.249. The molecule has 0 rings (SSSR count). The minimum atomic E-state index is -0.606. The second-order valence-electron chi connectivity index (χ2n) is 3.70. The van der Waals surface area contributed by atoms with E-state index in [-0.39, 0.29) is 0 Å². The fraction of sp³-hybridized carbons (Fsp3) is 0.818. The van der Waals surface area contributed by atoms with Crippen molar-refractivity contribution in [2.45, 2.75) is 58.3 Å². The van der Waals surface area contributed by atoms with Crippen LogP contribution in [-0.4, -0.2) is 12.2 Å². The van der Waals surface area contributed by atoms with Crippen LogP contribution in [0.1, 0.15) is 58.3 Å². The van der Waals surface area contributed by atoms with E-state index in [1.165, 1.54) is 38.5 Å². The first-order valence-electron chi connectivity index (χ1n) is 5.84. The first kappa shape index (κ1) is 13.9. The van der Waals surface area contributed by atoms with Gasteiger partial charge in [-0.2, -0.15) is 5.10 Å². The molecule has 0 aromatic heterocycles. The second-order valence-corrected chi connectivity index (χ2v) is 3.70. The molecule has 3 N–H and O–H groups in total. The minimum Gasteiger partial charge on any atom is -0.350 e. The Bertz CT molecular complexity index is 181. The molecule has 0 spiro atoms. The molecule has 0 saturated heterocycles. The number of hydrogen-bond acceptors (Lipinski definition) is 2. The number of carbonyl (C=O) groups is 1. The Labute approximate surface area is 92.3 Å². The molecule has 15 heavy (non-hydrogen) atoms. The summed E-state index contributed by atoms with van der Waals surface area (Å²) in [5.41, 5.74) is 7.01. The van der Waals surface area contributed by atoms with Gasteiger partial charge < -0.3 is 5.73 Å². The maximum Gasteiger partial charge on any atom is 0.332 e. The molecule has 0 heterocycles. The zero-order valence-corrected chi connectivity index (χ0v) is 9.67. The average molecular weight is 213 g/mol. The Hall–Kier alpha value is -1.06. The Morgan fingerprint density at radius 2 is 1.80 bits per heavy atom. The van der Waals surface area contributed by atoms with Gasteiger partial charge in [-0.15, -0.1) is 0 Å². The highest BCUT2D eigenvalue weighted by atomic mass is 16.2. The molecule has 0 aliphatic rings. The van der Waals surface area contributed by atoms with E-state index in [1.54, 1.807) is 6.21 Å². The lowest BCUT2D eigenvalue weighted by Gasteiger charge is -1.98. The summed E-state index contributed by atoms with van der Waals surface area (Å²) in [6.45, 7) is 2.22. The number of nitrogens with two attached hydrogens (primary N) is 1. The van der Waals surface area contributed by atoms with E-state index in [9.17, 15) is 4.79 Å². The molecular formula is C11H23N3O. The van der Waals surface area contributed by atoms with E-state index in [0.717, 1.165) is 12.8 Å². The van der Waals surface area contributed by atoms with Crippen LogP contribution in [0.4, 0.5) is 4.79 Å². The summed E-state index contributed by atoms with van der Waals surface area (Å²) >= 11 is 0. The van der Waals surface area contributed by atoms with Crippen molar-refractivity contribution in [3.63, 3.8) is 0 Å². The number of hydrazone groups is 1. The lowest BCUT2D eigenvalue weighted by atomic mass is 10.1. The predicted octanol–water partition coefficient (Wildman–Crippen LogP) is 2.78. The van der Waals surface area contributed by atoms with Gasteiger partial charge in [0.1, 0.15) is 0 Å². The van der Waals surface area contributed by atoms with E-state index in [2.05, 4.69) is 17.5 Å². The van der Waals surface area contributed by atoms with Crippen LogP contribution >= 0.6 is 0 Å². The Morgan fingerprint density at radius 1 is 1.20 bits per heavy atom. The third-order valence-corrected chi connectivity index (χ3v) is 2.20. The standard InChI is InChI=1S/C11H23N3O/c1-2-3-4-5-6-7-8-9-10-13-14-11(12)15/h10H,2-9H2,1H3,(H3,12,14,15)/b13-10+. The SMILES string of the molecule is CCCCCCCCC/C=N/NC(N)=O.